The molecule has 0 unspecified atom stereocenters. The average molecular weight is 380 g/mol. The van der Waals surface area contributed by atoms with Crippen molar-refractivity contribution in [2.45, 2.75) is 6.92 Å². The van der Waals surface area contributed by atoms with Crippen LogP contribution in [0.4, 0.5) is 11.4 Å². The van der Waals surface area contributed by atoms with Gasteiger partial charge in [0.2, 0.25) is 0 Å². The van der Waals surface area contributed by atoms with Gasteiger partial charge in [-0.1, -0.05) is 12.1 Å². The predicted molar refractivity (Wildman–Crippen MR) is 111 cm³/mol. The van der Waals surface area contributed by atoms with Crippen LogP contribution in [0.25, 0.3) is 10.4 Å². The molecule has 2 aromatic carbocycles. The zero-order valence-corrected chi connectivity index (χ0v) is 15.8. The number of rotatable bonds is 5. The third-order valence-electron chi connectivity index (χ3n) is 4.00. The van der Waals surface area contributed by atoms with Gasteiger partial charge >= 0.3 is 0 Å². The normalized spacial score (nSPS) is 11.3. The minimum absolute atomic E-state index is 0.341. The minimum atomic E-state index is -0.341. The highest BCUT2D eigenvalue weighted by Crippen LogP contribution is 2.34. The fourth-order valence-electron chi connectivity index (χ4n) is 2.45. The van der Waals surface area contributed by atoms with Gasteiger partial charge in [-0.3, -0.25) is 4.79 Å². The molecule has 3 rings (SSSR count). The van der Waals surface area contributed by atoms with Gasteiger partial charge in [0.15, 0.2) is 0 Å². The van der Waals surface area contributed by atoms with Crippen molar-refractivity contribution in [2.75, 3.05) is 18.6 Å². The van der Waals surface area contributed by atoms with Crippen LogP contribution in [0.3, 0.4) is 0 Å². The number of hydrogen-bond donors (Lipinski definition) is 3. The topological polar surface area (TPSA) is 103 Å². The molecule has 138 valence electrons. The highest BCUT2D eigenvalue weighted by molar-refractivity contribution is 7.18. The number of benzene rings is 2. The van der Waals surface area contributed by atoms with Crippen molar-refractivity contribution in [1.82, 2.24) is 5.43 Å². The van der Waals surface area contributed by atoms with Gasteiger partial charge in [-0.2, -0.15) is 5.10 Å². The lowest BCUT2D eigenvalue weighted by Crippen LogP contribution is -2.19. The smallest absolute Gasteiger partial charge is 0.283 e. The van der Waals surface area contributed by atoms with Crippen LogP contribution in [0.5, 0.6) is 5.75 Å². The van der Waals surface area contributed by atoms with E-state index in [0.29, 0.717) is 22.0 Å². The second-order valence-corrected chi connectivity index (χ2v) is 6.94. The van der Waals surface area contributed by atoms with E-state index in [0.717, 1.165) is 21.8 Å². The highest BCUT2D eigenvalue weighted by Gasteiger charge is 2.15. The summed E-state index contributed by atoms with van der Waals surface area (Å²) in [5.74, 6) is 0.431. The molecule has 0 spiro atoms. The first kappa shape index (κ1) is 18.5. The third-order valence-corrected chi connectivity index (χ3v) is 5.19. The SMILES string of the molecule is COc1ccc(-c2cc(N)c(C(=O)N/N=C(/C)c3ccc(N)cc3)s2)cc1. The Bertz CT molecular complexity index is 976. The minimum Gasteiger partial charge on any atom is -0.497 e. The summed E-state index contributed by atoms with van der Waals surface area (Å²) >= 11 is 1.32. The maximum atomic E-state index is 12.5. The van der Waals surface area contributed by atoms with Crippen LogP contribution in [0.2, 0.25) is 0 Å². The molecule has 0 saturated heterocycles. The molecular weight excluding hydrogens is 360 g/mol. The lowest BCUT2D eigenvalue weighted by Gasteiger charge is -2.03. The van der Waals surface area contributed by atoms with E-state index in [2.05, 4.69) is 10.5 Å². The van der Waals surface area contributed by atoms with Crippen molar-refractivity contribution < 1.29 is 9.53 Å². The summed E-state index contributed by atoms with van der Waals surface area (Å²) in [5.41, 5.74) is 17.9. The number of ether oxygens (including phenoxy) is 1. The molecule has 6 nitrogen and oxygen atoms in total. The van der Waals surface area contributed by atoms with Gasteiger partial charge in [-0.05, 0) is 60.5 Å². The Labute approximate surface area is 161 Å². The summed E-state index contributed by atoms with van der Waals surface area (Å²) < 4.78 is 5.16. The van der Waals surface area contributed by atoms with Gasteiger partial charge in [0, 0.05) is 10.6 Å². The van der Waals surface area contributed by atoms with Crippen LogP contribution in [-0.2, 0) is 0 Å². The molecule has 0 bridgehead atoms. The zero-order valence-electron chi connectivity index (χ0n) is 15.0. The quantitative estimate of drug-likeness (QED) is 0.356. The molecular formula is C20H20N4O2S. The maximum absolute atomic E-state index is 12.5. The number of carbonyl (C=O) groups excluding carboxylic acids is 1. The van der Waals surface area contributed by atoms with Crippen LogP contribution >= 0.6 is 11.3 Å². The Hall–Kier alpha value is -3.32. The van der Waals surface area contributed by atoms with Crippen molar-refractivity contribution in [3.05, 3.63) is 65.0 Å². The summed E-state index contributed by atoms with van der Waals surface area (Å²) in [7, 11) is 1.62. The summed E-state index contributed by atoms with van der Waals surface area (Å²) in [6.45, 7) is 1.81. The van der Waals surface area contributed by atoms with E-state index in [4.69, 9.17) is 16.2 Å². The molecule has 0 atom stereocenters. The Balaban J connectivity index is 1.75. The summed E-state index contributed by atoms with van der Waals surface area (Å²) in [6, 6.07) is 16.6. The number of methoxy groups -OCH3 is 1. The van der Waals surface area contributed by atoms with Gasteiger partial charge < -0.3 is 16.2 Å². The summed E-state index contributed by atoms with van der Waals surface area (Å²) in [4.78, 5) is 13.8. The van der Waals surface area contributed by atoms with Gasteiger partial charge in [0.05, 0.1) is 18.5 Å². The van der Waals surface area contributed by atoms with Crippen LogP contribution in [0.1, 0.15) is 22.2 Å². The van der Waals surface area contributed by atoms with Gasteiger partial charge in [-0.25, -0.2) is 5.43 Å². The molecule has 0 saturated carbocycles. The molecule has 1 heterocycles. The number of carbonyl (C=O) groups is 1. The number of anilines is 2. The van der Waals surface area contributed by atoms with E-state index in [1.165, 1.54) is 11.3 Å². The monoisotopic (exact) mass is 380 g/mol. The molecule has 0 fully saturated rings. The van der Waals surface area contributed by atoms with Crippen LogP contribution in [-0.4, -0.2) is 18.7 Å². The fraction of sp³-hybridized carbons (Fsp3) is 0.100. The first-order valence-corrected chi connectivity index (χ1v) is 9.04. The summed E-state index contributed by atoms with van der Waals surface area (Å²) in [6.07, 6.45) is 0. The van der Waals surface area contributed by atoms with Crippen LogP contribution < -0.4 is 21.6 Å². The zero-order chi connectivity index (χ0) is 19.4. The standard InChI is InChI=1S/C20H20N4O2S/c1-12(13-3-7-15(21)8-4-13)23-24-20(25)19-17(22)11-18(27-19)14-5-9-16(26-2)10-6-14/h3-11H,21-22H2,1-2H3,(H,24,25)/b23-12-. The number of nitrogens with two attached hydrogens (primary N) is 2. The molecule has 5 N–H and O–H groups in total. The Kier molecular flexibility index (Phi) is 5.42. The third kappa shape index (κ3) is 4.27. The van der Waals surface area contributed by atoms with Crippen molar-refractivity contribution in [3.63, 3.8) is 0 Å². The second-order valence-electron chi connectivity index (χ2n) is 5.88. The maximum Gasteiger partial charge on any atom is 0.283 e. The fourth-order valence-corrected chi connectivity index (χ4v) is 3.43. The average Bonchev–Trinajstić information content (AvgIpc) is 3.08. The Morgan fingerprint density at radius 3 is 2.37 bits per heavy atom. The second kappa shape index (κ2) is 7.92. The molecule has 27 heavy (non-hydrogen) atoms. The van der Waals surface area contributed by atoms with Gasteiger partial charge in [0.1, 0.15) is 10.6 Å². The van der Waals surface area contributed by atoms with E-state index in [1.54, 1.807) is 25.3 Å². The van der Waals surface area contributed by atoms with Gasteiger partial charge in [0.25, 0.3) is 5.91 Å². The molecule has 0 aliphatic carbocycles. The van der Waals surface area contributed by atoms with Crippen molar-refractivity contribution in [1.29, 1.82) is 0 Å². The lowest BCUT2D eigenvalue weighted by atomic mass is 10.1. The highest BCUT2D eigenvalue weighted by atomic mass is 32.1. The number of hydrazone groups is 1. The molecule has 3 aromatic rings. The number of amides is 1. The summed E-state index contributed by atoms with van der Waals surface area (Å²) in [5, 5.41) is 4.16. The Morgan fingerprint density at radius 2 is 1.74 bits per heavy atom. The van der Waals surface area contributed by atoms with E-state index in [1.807, 2.05) is 43.3 Å². The van der Waals surface area contributed by atoms with Crippen LogP contribution in [0.15, 0.2) is 59.7 Å². The van der Waals surface area contributed by atoms with E-state index in [-0.39, 0.29) is 5.91 Å². The molecule has 0 aliphatic rings. The lowest BCUT2D eigenvalue weighted by molar-refractivity contribution is 0.0959. The number of nitrogen functional groups attached to an aromatic ring is 2. The van der Waals surface area contributed by atoms with Crippen molar-refractivity contribution >= 4 is 34.3 Å². The predicted octanol–water partition coefficient (Wildman–Crippen LogP) is 3.74. The Morgan fingerprint density at radius 1 is 1.07 bits per heavy atom. The molecule has 7 heteroatoms. The van der Waals surface area contributed by atoms with E-state index in [9.17, 15) is 4.79 Å². The van der Waals surface area contributed by atoms with Crippen LogP contribution in [0, 0.1) is 0 Å². The van der Waals surface area contributed by atoms with Gasteiger partial charge in [-0.15, -0.1) is 11.3 Å². The van der Waals surface area contributed by atoms with Crippen molar-refractivity contribution in [2.24, 2.45) is 5.10 Å². The van der Waals surface area contributed by atoms with E-state index >= 15 is 0 Å². The number of nitrogens with zero attached hydrogens (tertiary/aromatic N) is 1. The largest absolute Gasteiger partial charge is 0.497 e. The van der Waals surface area contributed by atoms with E-state index < -0.39 is 0 Å². The van der Waals surface area contributed by atoms with Crippen molar-refractivity contribution in [3.8, 4) is 16.2 Å². The first-order valence-electron chi connectivity index (χ1n) is 8.22. The molecule has 1 aromatic heterocycles. The number of nitrogens with one attached hydrogen (secondary N) is 1. The number of hydrogen-bond acceptors (Lipinski definition) is 6. The molecule has 1 amide bonds. The number of thiophene rings is 1. The molecule has 0 aliphatic heterocycles. The first-order chi connectivity index (χ1) is 13.0. The molecule has 0 radical (unpaired) electrons.